The molecular weight excluding hydrogens is 414 g/mol. The number of nitrogens with zero attached hydrogens (tertiary/aromatic N) is 2. The fourth-order valence-corrected chi connectivity index (χ4v) is 5.29. The van der Waals surface area contributed by atoms with E-state index in [1.54, 1.807) is 6.20 Å². The maximum Gasteiger partial charge on any atom is 0.411 e. The molecule has 1 aliphatic heterocycles. The van der Waals surface area contributed by atoms with Gasteiger partial charge in [-0.2, -0.15) is 0 Å². The Hall–Kier alpha value is -3.41. The van der Waals surface area contributed by atoms with Crippen molar-refractivity contribution in [3.63, 3.8) is 0 Å². The van der Waals surface area contributed by atoms with Crippen LogP contribution in [0.15, 0.2) is 66.9 Å². The number of amides is 2. The molecule has 33 heavy (non-hydrogen) atoms. The standard InChI is InChI=1S/C27H29N3O3/c1-27(2)24(18-8-4-3-5-9-18)30(26(32)33-27)22-14-12-21(13-15-22)29-25(31)20-16-19-10-6-7-11-23(19)28-17-20/h3-11,16-17,21-22,24H,12-15H2,1-2H3,(H,29,31)/t21?,22?,24-/m1/s1. The summed E-state index contributed by atoms with van der Waals surface area (Å²) in [4.78, 5) is 32.0. The fourth-order valence-electron chi connectivity index (χ4n) is 5.29. The third-order valence-electron chi connectivity index (χ3n) is 6.89. The second-order valence-corrected chi connectivity index (χ2v) is 9.59. The number of fused-ring (bicyclic) bond motifs is 1. The molecule has 0 unspecified atom stereocenters. The van der Waals surface area contributed by atoms with Crippen LogP contribution in [0.3, 0.4) is 0 Å². The molecule has 2 heterocycles. The van der Waals surface area contributed by atoms with Gasteiger partial charge in [-0.25, -0.2) is 4.79 Å². The van der Waals surface area contributed by atoms with E-state index in [2.05, 4.69) is 22.4 Å². The largest absolute Gasteiger partial charge is 0.441 e. The minimum atomic E-state index is -0.591. The number of cyclic esters (lactones) is 1. The normalized spacial score (nSPS) is 24.5. The van der Waals surface area contributed by atoms with Crippen molar-refractivity contribution in [2.75, 3.05) is 0 Å². The van der Waals surface area contributed by atoms with Crippen LogP contribution in [-0.4, -0.2) is 39.6 Å². The van der Waals surface area contributed by atoms with Crippen LogP contribution in [0.1, 0.15) is 61.5 Å². The highest BCUT2D eigenvalue weighted by atomic mass is 16.6. The Kier molecular flexibility index (Phi) is 5.52. The van der Waals surface area contributed by atoms with Crippen LogP contribution in [0.2, 0.25) is 0 Å². The molecule has 170 valence electrons. The number of pyridine rings is 1. The highest BCUT2D eigenvalue weighted by molar-refractivity contribution is 5.97. The van der Waals surface area contributed by atoms with Gasteiger partial charge in [0.15, 0.2) is 0 Å². The van der Waals surface area contributed by atoms with Crippen LogP contribution in [0, 0.1) is 0 Å². The maximum absolute atomic E-state index is 12.9. The van der Waals surface area contributed by atoms with Gasteiger partial charge < -0.3 is 10.1 Å². The highest BCUT2D eigenvalue weighted by Gasteiger charge is 2.51. The number of para-hydroxylation sites is 1. The zero-order valence-electron chi connectivity index (χ0n) is 19.0. The number of hydrogen-bond acceptors (Lipinski definition) is 4. The molecule has 1 aromatic heterocycles. The van der Waals surface area contributed by atoms with E-state index >= 15 is 0 Å². The number of ether oxygens (including phenoxy) is 1. The van der Waals surface area contributed by atoms with Crippen LogP contribution < -0.4 is 5.32 Å². The van der Waals surface area contributed by atoms with E-state index in [1.165, 1.54) is 0 Å². The summed E-state index contributed by atoms with van der Waals surface area (Å²) in [6.45, 7) is 3.96. The van der Waals surface area contributed by atoms with Crippen LogP contribution >= 0.6 is 0 Å². The monoisotopic (exact) mass is 443 g/mol. The van der Waals surface area contributed by atoms with Crippen LogP contribution in [0.4, 0.5) is 4.79 Å². The van der Waals surface area contributed by atoms with Gasteiger partial charge >= 0.3 is 6.09 Å². The van der Waals surface area contributed by atoms with Crippen LogP contribution in [0.25, 0.3) is 10.9 Å². The van der Waals surface area contributed by atoms with E-state index in [0.717, 1.165) is 42.1 Å². The average molecular weight is 444 g/mol. The first-order valence-electron chi connectivity index (χ1n) is 11.6. The van der Waals surface area contributed by atoms with Crippen molar-refractivity contribution in [3.8, 4) is 0 Å². The van der Waals surface area contributed by atoms with Gasteiger partial charge in [-0.3, -0.25) is 14.7 Å². The van der Waals surface area contributed by atoms with E-state index in [9.17, 15) is 9.59 Å². The maximum atomic E-state index is 12.9. The lowest BCUT2D eigenvalue weighted by Gasteiger charge is -2.38. The van der Waals surface area contributed by atoms with Gasteiger partial charge in [-0.15, -0.1) is 0 Å². The number of nitrogens with one attached hydrogen (secondary N) is 1. The van der Waals surface area contributed by atoms with Crippen molar-refractivity contribution in [2.45, 2.75) is 63.3 Å². The second-order valence-electron chi connectivity index (χ2n) is 9.59. The van der Waals surface area contributed by atoms with Gasteiger partial charge in [-0.05, 0) is 57.2 Å². The van der Waals surface area contributed by atoms with Gasteiger partial charge in [0, 0.05) is 23.7 Å². The van der Waals surface area contributed by atoms with Crippen molar-refractivity contribution in [1.29, 1.82) is 0 Å². The Balaban J connectivity index is 1.25. The minimum Gasteiger partial charge on any atom is -0.441 e. The molecule has 0 bridgehead atoms. The molecule has 2 amide bonds. The Morgan fingerprint density at radius 3 is 2.48 bits per heavy atom. The molecule has 1 aliphatic carbocycles. The molecule has 2 aliphatic rings. The van der Waals surface area contributed by atoms with Gasteiger partial charge in [0.1, 0.15) is 5.60 Å². The fraction of sp³-hybridized carbons (Fsp3) is 0.370. The molecule has 6 nitrogen and oxygen atoms in total. The molecule has 2 fully saturated rings. The molecule has 0 spiro atoms. The Bertz CT molecular complexity index is 1170. The molecule has 1 saturated carbocycles. The highest BCUT2D eigenvalue weighted by Crippen LogP contribution is 2.44. The summed E-state index contributed by atoms with van der Waals surface area (Å²) in [5.41, 5.74) is 1.95. The summed E-state index contributed by atoms with van der Waals surface area (Å²) >= 11 is 0. The van der Waals surface area contributed by atoms with E-state index < -0.39 is 5.60 Å². The molecule has 3 aromatic rings. The van der Waals surface area contributed by atoms with Gasteiger partial charge in [-0.1, -0.05) is 48.5 Å². The molecule has 6 heteroatoms. The molecule has 0 radical (unpaired) electrons. The van der Waals surface area contributed by atoms with Crippen LogP contribution in [0.5, 0.6) is 0 Å². The first kappa shape index (κ1) is 21.4. The topological polar surface area (TPSA) is 71.5 Å². The number of hydrogen-bond donors (Lipinski definition) is 1. The van der Waals surface area contributed by atoms with E-state index in [4.69, 9.17) is 4.74 Å². The first-order chi connectivity index (χ1) is 15.9. The van der Waals surface area contributed by atoms with Gasteiger partial charge in [0.25, 0.3) is 5.91 Å². The molecule has 2 aromatic carbocycles. The van der Waals surface area contributed by atoms with E-state index in [1.807, 2.05) is 67.3 Å². The average Bonchev–Trinajstić information content (AvgIpc) is 3.07. The number of rotatable bonds is 4. The Labute approximate surface area is 194 Å². The predicted octanol–water partition coefficient (Wildman–Crippen LogP) is 5.25. The summed E-state index contributed by atoms with van der Waals surface area (Å²) in [6, 6.07) is 19.8. The number of carbonyl (C=O) groups excluding carboxylic acids is 2. The smallest absolute Gasteiger partial charge is 0.411 e. The summed E-state index contributed by atoms with van der Waals surface area (Å²) in [6.07, 6.45) is 4.69. The zero-order valence-corrected chi connectivity index (χ0v) is 19.0. The number of benzene rings is 2. The van der Waals surface area contributed by atoms with E-state index in [0.29, 0.717) is 5.56 Å². The number of carbonyl (C=O) groups is 2. The second kappa shape index (κ2) is 8.50. The van der Waals surface area contributed by atoms with Crippen molar-refractivity contribution in [1.82, 2.24) is 15.2 Å². The molecule has 5 rings (SSSR count). The quantitative estimate of drug-likeness (QED) is 0.598. The predicted molar refractivity (Wildman–Crippen MR) is 127 cm³/mol. The molecule has 1 N–H and O–H groups in total. The zero-order chi connectivity index (χ0) is 23.0. The van der Waals surface area contributed by atoms with Crippen molar-refractivity contribution < 1.29 is 14.3 Å². The summed E-state index contributed by atoms with van der Waals surface area (Å²) < 4.78 is 5.78. The SMILES string of the molecule is CC1(C)OC(=O)N(C2CCC(NC(=O)c3cnc4ccccc4c3)CC2)[C@@H]1c1ccccc1. The third kappa shape index (κ3) is 4.17. The number of aromatic nitrogens is 1. The van der Waals surface area contributed by atoms with Crippen molar-refractivity contribution in [2.24, 2.45) is 0 Å². The summed E-state index contributed by atoms with van der Waals surface area (Å²) in [7, 11) is 0. The lowest BCUT2D eigenvalue weighted by molar-refractivity contribution is 0.0663. The summed E-state index contributed by atoms with van der Waals surface area (Å²) in [5, 5.41) is 4.12. The molecule has 1 atom stereocenters. The lowest BCUT2D eigenvalue weighted by Crippen LogP contribution is -2.46. The Morgan fingerprint density at radius 1 is 1.03 bits per heavy atom. The van der Waals surface area contributed by atoms with Gasteiger partial charge in [0.2, 0.25) is 0 Å². The van der Waals surface area contributed by atoms with Gasteiger partial charge in [0.05, 0.1) is 17.1 Å². The van der Waals surface area contributed by atoms with E-state index in [-0.39, 0.29) is 30.1 Å². The minimum absolute atomic E-state index is 0.0852. The van der Waals surface area contributed by atoms with Crippen molar-refractivity contribution in [3.05, 3.63) is 78.0 Å². The third-order valence-corrected chi connectivity index (χ3v) is 6.89. The van der Waals surface area contributed by atoms with Crippen molar-refractivity contribution >= 4 is 22.9 Å². The first-order valence-corrected chi connectivity index (χ1v) is 11.6. The lowest BCUT2D eigenvalue weighted by atomic mass is 9.86. The van der Waals surface area contributed by atoms with Crippen LogP contribution in [-0.2, 0) is 4.74 Å². The molecule has 1 saturated heterocycles. The summed E-state index contributed by atoms with van der Waals surface area (Å²) in [5.74, 6) is -0.0967. The Morgan fingerprint density at radius 2 is 1.73 bits per heavy atom. The molecular formula is C27H29N3O3.